The van der Waals surface area contributed by atoms with Crippen LogP contribution in [-0.4, -0.2) is 42.3 Å². The zero-order chi connectivity index (χ0) is 20.3. The van der Waals surface area contributed by atoms with Crippen molar-refractivity contribution in [1.29, 1.82) is 0 Å². The lowest BCUT2D eigenvalue weighted by molar-refractivity contribution is -0.121. The maximum atomic E-state index is 11.9. The maximum Gasteiger partial charge on any atom is 0.219 e. The number of ether oxygens (including phenoxy) is 1. The second-order valence-corrected chi connectivity index (χ2v) is 8.58. The van der Waals surface area contributed by atoms with Crippen molar-refractivity contribution in [2.75, 3.05) is 20.2 Å². The number of hydrogen-bond acceptors (Lipinski definition) is 7. The van der Waals surface area contributed by atoms with Crippen molar-refractivity contribution in [3.05, 3.63) is 29.8 Å². The van der Waals surface area contributed by atoms with E-state index in [4.69, 9.17) is 4.74 Å². The minimum atomic E-state index is -0.184. The maximum absolute atomic E-state index is 11.9. The third kappa shape index (κ3) is 9.72. The van der Waals surface area contributed by atoms with Crippen LogP contribution in [0.3, 0.4) is 0 Å². The van der Waals surface area contributed by atoms with E-state index in [1.165, 1.54) is 10.8 Å². The van der Waals surface area contributed by atoms with Gasteiger partial charge in [0.05, 0.1) is 18.9 Å². The van der Waals surface area contributed by atoms with Gasteiger partial charge < -0.3 is 15.5 Å². The average molecular weight is 412 g/mol. The topological polar surface area (TPSA) is 79.8 Å². The second kappa shape index (κ2) is 11.9. The van der Waals surface area contributed by atoms with Gasteiger partial charge in [-0.1, -0.05) is 10.8 Å². The summed E-state index contributed by atoms with van der Waals surface area (Å²) in [5, 5.41) is 6.84. The predicted molar refractivity (Wildman–Crippen MR) is 116 cm³/mol. The number of nitrogens with zero attached hydrogens (tertiary/aromatic N) is 1. The summed E-state index contributed by atoms with van der Waals surface area (Å²) < 4.78 is 5.43. The van der Waals surface area contributed by atoms with E-state index in [0.717, 1.165) is 17.0 Å². The molecule has 1 amide bonds. The molecule has 0 heterocycles. The fraction of sp³-hybridized carbons (Fsp3) is 0.526. The number of hydrazone groups is 1. The number of carbonyl (C=O) groups excluding carboxylic acids is 2. The Morgan fingerprint density at radius 1 is 1.26 bits per heavy atom. The molecule has 0 fully saturated rings. The van der Waals surface area contributed by atoms with Crippen LogP contribution in [0.4, 0.5) is 0 Å². The van der Waals surface area contributed by atoms with Crippen LogP contribution < -0.4 is 15.5 Å². The summed E-state index contributed by atoms with van der Waals surface area (Å²) in [5.74, 6) is 0.858. The first-order valence-electron chi connectivity index (χ1n) is 8.82. The lowest BCUT2D eigenvalue weighted by Crippen LogP contribution is -2.26. The van der Waals surface area contributed by atoms with Gasteiger partial charge in [0.25, 0.3) is 0 Å². The number of amides is 1. The first kappa shape index (κ1) is 23.4. The molecule has 0 bridgehead atoms. The predicted octanol–water partition coefficient (Wildman–Crippen LogP) is 3.22. The Kier molecular flexibility index (Phi) is 10.3. The first-order valence-corrected chi connectivity index (χ1v) is 10.7. The van der Waals surface area contributed by atoms with Gasteiger partial charge in [-0.15, -0.1) is 11.7 Å². The SMILES string of the molecule is CNC(=O)CCCOc1ccc(/C(C)=N/NCC(=O)CC(C)(C)SS)cc1. The van der Waals surface area contributed by atoms with Crippen LogP contribution in [-0.2, 0) is 9.59 Å². The Labute approximate surface area is 170 Å². The summed E-state index contributed by atoms with van der Waals surface area (Å²) in [6, 6.07) is 7.56. The third-order valence-electron chi connectivity index (χ3n) is 3.76. The van der Waals surface area contributed by atoms with Crippen molar-refractivity contribution in [2.45, 2.75) is 44.8 Å². The molecule has 0 aromatic heterocycles. The van der Waals surface area contributed by atoms with E-state index in [9.17, 15) is 9.59 Å². The largest absolute Gasteiger partial charge is 0.494 e. The van der Waals surface area contributed by atoms with E-state index in [-0.39, 0.29) is 23.0 Å². The molecule has 1 rings (SSSR count). The van der Waals surface area contributed by atoms with Crippen LogP contribution in [0, 0.1) is 0 Å². The van der Waals surface area contributed by atoms with Crippen LogP contribution in [0.1, 0.15) is 45.6 Å². The van der Waals surface area contributed by atoms with Crippen molar-refractivity contribution >= 4 is 39.9 Å². The normalized spacial score (nSPS) is 11.8. The van der Waals surface area contributed by atoms with Gasteiger partial charge >= 0.3 is 0 Å². The zero-order valence-electron chi connectivity index (χ0n) is 16.4. The summed E-state index contributed by atoms with van der Waals surface area (Å²) >= 11 is 4.18. The monoisotopic (exact) mass is 411 g/mol. The lowest BCUT2D eigenvalue weighted by atomic mass is 10.1. The molecule has 0 saturated carbocycles. The molecule has 0 aliphatic heterocycles. The van der Waals surface area contributed by atoms with Gasteiger partial charge in [-0.25, -0.2) is 0 Å². The molecule has 0 spiro atoms. The minimum absolute atomic E-state index is 0.0136. The molecule has 0 aliphatic rings. The zero-order valence-corrected chi connectivity index (χ0v) is 18.1. The summed E-state index contributed by atoms with van der Waals surface area (Å²) in [6.07, 6.45) is 1.56. The van der Waals surface area contributed by atoms with Gasteiger partial charge in [0.2, 0.25) is 5.91 Å². The highest BCUT2D eigenvalue weighted by molar-refractivity contribution is 8.69. The number of rotatable bonds is 12. The smallest absolute Gasteiger partial charge is 0.219 e. The number of Topliss-reactive ketones (excluding diaryl/α,β-unsaturated/α-hetero) is 1. The minimum Gasteiger partial charge on any atom is -0.494 e. The number of thiol groups is 1. The van der Waals surface area contributed by atoms with Crippen LogP contribution in [0.5, 0.6) is 5.75 Å². The van der Waals surface area contributed by atoms with Gasteiger partial charge in [-0.2, -0.15) is 5.10 Å². The van der Waals surface area contributed by atoms with Gasteiger partial charge in [0, 0.05) is 24.6 Å². The molecule has 150 valence electrons. The molecule has 1 aromatic carbocycles. The van der Waals surface area contributed by atoms with E-state index in [2.05, 4.69) is 27.5 Å². The summed E-state index contributed by atoms with van der Waals surface area (Å²) in [7, 11) is 3.00. The van der Waals surface area contributed by atoms with Gasteiger partial charge in [-0.3, -0.25) is 9.59 Å². The van der Waals surface area contributed by atoms with E-state index >= 15 is 0 Å². The Morgan fingerprint density at radius 3 is 2.52 bits per heavy atom. The highest BCUT2D eigenvalue weighted by Gasteiger charge is 2.20. The molecule has 0 saturated heterocycles. The lowest BCUT2D eigenvalue weighted by Gasteiger charge is -2.19. The molecular formula is C19H29N3O3S2. The van der Waals surface area contributed by atoms with Crippen molar-refractivity contribution in [1.82, 2.24) is 10.7 Å². The molecule has 6 nitrogen and oxygen atoms in total. The second-order valence-electron chi connectivity index (χ2n) is 6.75. The fourth-order valence-electron chi connectivity index (χ4n) is 2.22. The van der Waals surface area contributed by atoms with E-state index in [1.54, 1.807) is 7.05 Å². The first-order chi connectivity index (χ1) is 12.8. The van der Waals surface area contributed by atoms with Crippen LogP contribution in [0.25, 0.3) is 0 Å². The highest BCUT2D eigenvalue weighted by Crippen LogP contribution is 2.30. The van der Waals surface area contributed by atoms with E-state index < -0.39 is 0 Å². The molecule has 8 heteroatoms. The Bertz CT molecular complexity index is 646. The van der Waals surface area contributed by atoms with Crippen molar-refractivity contribution in [2.24, 2.45) is 5.10 Å². The van der Waals surface area contributed by atoms with Crippen molar-refractivity contribution < 1.29 is 14.3 Å². The van der Waals surface area contributed by atoms with Crippen LogP contribution >= 0.6 is 22.5 Å². The molecule has 2 N–H and O–H groups in total. The number of benzene rings is 1. The molecule has 27 heavy (non-hydrogen) atoms. The van der Waals surface area contributed by atoms with Gasteiger partial charge in [0.1, 0.15) is 5.75 Å². The fourth-order valence-corrected chi connectivity index (χ4v) is 2.64. The molecule has 0 unspecified atom stereocenters. The third-order valence-corrected chi connectivity index (χ3v) is 5.88. The van der Waals surface area contributed by atoms with Gasteiger partial charge in [0.15, 0.2) is 5.78 Å². The summed E-state index contributed by atoms with van der Waals surface area (Å²) in [4.78, 5) is 23.1. The summed E-state index contributed by atoms with van der Waals surface area (Å²) in [5.41, 5.74) is 4.57. The Hall–Kier alpha value is -1.67. The van der Waals surface area contributed by atoms with Crippen molar-refractivity contribution in [3.63, 3.8) is 0 Å². The molecule has 0 aliphatic carbocycles. The number of hydrogen-bond donors (Lipinski definition) is 3. The standard InChI is InChI=1S/C19H29N3O3S2/c1-14(22-21-13-16(23)12-19(2,3)27-26)15-7-9-17(10-8-15)25-11-5-6-18(24)20-4/h7-10,21,26H,5-6,11-13H2,1-4H3,(H,20,24)/b22-14+. The van der Waals surface area contributed by atoms with E-state index in [0.29, 0.717) is 25.9 Å². The molecule has 1 aromatic rings. The number of ketones is 1. The Morgan fingerprint density at radius 2 is 1.93 bits per heavy atom. The van der Waals surface area contributed by atoms with Crippen LogP contribution in [0.2, 0.25) is 0 Å². The number of carbonyl (C=O) groups is 2. The quantitative estimate of drug-likeness (QED) is 0.162. The van der Waals surface area contributed by atoms with Gasteiger partial charge in [-0.05, 0) is 57.0 Å². The molecule has 0 radical (unpaired) electrons. The molecule has 0 atom stereocenters. The number of nitrogens with one attached hydrogen (secondary N) is 2. The molecular weight excluding hydrogens is 382 g/mol. The Balaban J connectivity index is 2.42. The van der Waals surface area contributed by atoms with E-state index in [1.807, 2.05) is 45.0 Å². The summed E-state index contributed by atoms with van der Waals surface area (Å²) in [6.45, 7) is 6.54. The highest BCUT2D eigenvalue weighted by atomic mass is 33.1. The average Bonchev–Trinajstić information content (AvgIpc) is 2.65. The van der Waals surface area contributed by atoms with Crippen molar-refractivity contribution in [3.8, 4) is 5.75 Å². The van der Waals surface area contributed by atoms with Crippen LogP contribution in [0.15, 0.2) is 29.4 Å².